The molecule has 0 bridgehead atoms. The van der Waals surface area contributed by atoms with Gasteiger partial charge in [-0.15, -0.1) is 0 Å². The molecule has 2 aromatic heterocycles. The topological polar surface area (TPSA) is 56.5 Å². The van der Waals surface area contributed by atoms with Crippen LogP contribution in [0.25, 0.3) is 16.9 Å². The second kappa shape index (κ2) is 6.44. The van der Waals surface area contributed by atoms with Crippen LogP contribution in [0.5, 0.6) is 0 Å². The quantitative estimate of drug-likeness (QED) is 0.654. The van der Waals surface area contributed by atoms with E-state index in [1.165, 1.54) is 29.8 Å². The highest BCUT2D eigenvalue weighted by Crippen LogP contribution is 2.39. The molecule has 0 saturated heterocycles. The highest BCUT2D eigenvalue weighted by molar-refractivity contribution is 5.88. The van der Waals surface area contributed by atoms with E-state index in [-0.39, 0.29) is 29.1 Å². The number of fused-ring (bicyclic) bond motifs is 1. The van der Waals surface area contributed by atoms with Crippen molar-refractivity contribution in [3.8, 4) is 11.3 Å². The number of aryl methyl sites for hydroxylation is 2. The minimum absolute atomic E-state index is 0.0413. The molecule has 0 aliphatic heterocycles. The molecule has 0 unspecified atom stereocenters. The Morgan fingerprint density at radius 1 is 1.23 bits per heavy atom. The van der Waals surface area contributed by atoms with Gasteiger partial charge in [0, 0.05) is 5.56 Å². The average molecular weight is 363 g/mol. The first-order chi connectivity index (χ1) is 12.2. The van der Waals surface area contributed by atoms with Crippen LogP contribution in [0.4, 0.5) is 13.2 Å². The minimum atomic E-state index is -4.53. The van der Waals surface area contributed by atoms with Crippen molar-refractivity contribution in [3.63, 3.8) is 0 Å². The lowest BCUT2D eigenvalue weighted by atomic mass is 9.97. The molecule has 136 valence electrons. The summed E-state index contributed by atoms with van der Waals surface area (Å²) in [5, 5.41) is 4.28. The summed E-state index contributed by atoms with van der Waals surface area (Å²) in [6, 6.07) is 5.92. The van der Waals surface area contributed by atoms with Gasteiger partial charge in [-0.2, -0.15) is 18.3 Å². The molecule has 26 heavy (non-hydrogen) atoms. The van der Waals surface area contributed by atoms with Gasteiger partial charge in [0.15, 0.2) is 11.3 Å². The van der Waals surface area contributed by atoms with E-state index in [2.05, 4.69) is 10.1 Å². The Balaban J connectivity index is 2.27. The Bertz CT molecular complexity index is 993. The first kappa shape index (κ1) is 17.9. The van der Waals surface area contributed by atoms with Gasteiger partial charge in [0.1, 0.15) is 0 Å². The zero-order valence-corrected chi connectivity index (χ0v) is 14.4. The van der Waals surface area contributed by atoms with E-state index in [1.807, 2.05) is 0 Å². The lowest BCUT2D eigenvalue weighted by Gasteiger charge is -2.16. The van der Waals surface area contributed by atoms with Crippen LogP contribution in [0, 0.1) is 13.8 Å². The highest BCUT2D eigenvalue weighted by atomic mass is 19.4. The predicted molar refractivity (Wildman–Crippen MR) is 88.9 cm³/mol. The number of nitrogens with zero attached hydrogens (tertiary/aromatic N) is 3. The van der Waals surface area contributed by atoms with E-state index in [9.17, 15) is 18.0 Å². The van der Waals surface area contributed by atoms with Gasteiger partial charge in [0.05, 0.1) is 24.1 Å². The summed E-state index contributed by atoms with van der Waals surface area (Å²) in [5.74, 6) is -0.636. The number of halogens is 3. The summed E-state index contributed by atoms with van der Waals surface area (Å²) in [7, 11) is 0. The minimum Gasteiger partial charge on any atom is -0.461 e. The number of hydrogen-bond donors (Lipinski definition) is 0. The van der Waals surface area contributed by atoms with Gasteiger partial charge in [-0.3, -0.25) is 0 Å². The number of esters is 1. The van der Waals surface area contributed by atoms with Crippen LogP contribution in [-0.2, 0) is 10.9 Å². The molecule has 0 radical (unpaired) electrons. The van der Waals surface area contributed by atoms with Crippen molar-refractivity contribution in [3.05, 3.63) is 52.8 Å². The zero-order chi connectivity index (χ0) is 19.1. The second-order valence-corrected chi connectivity index (χ2v) is 5.81. The molecule has 1 aromatic carbocycles. The van der Waals surface area contributed by atoms with Crippen LogP contribution >= 0.6 is 0 Å². The molecule has 5 nitrogen and oxygen atoms in total. The third-order valence-corrected chi connectivity index (χ3v) is 3.98. The third-order valence-electron chi connectivity index (χ3n) is 3.98. The van der Waals surface area contributed by atoms with Crippen LogP contribution in [-0.4, -0.2) is 27.2 Å². The van der Waals surface area contributed by atoms with Gasteiger partial charge in [0.2, 0.25) is 0 Å². The van der Waals surface area contributed by atoms with Crippen molar-refractivity contribution in [1.82, 2.24) is 14.6 Å². The van der Waals surface area contributed by atoms with Crippen molar-refractivity contribution >= 4 is 11.6 Å². The lowest BCUT2D eigenvalue weighted by Crippen LogP contribution is -2.13. The van der Waals surface area contributed by atoms with Crippen molar-refractivity contribution in [1.29, 1.82) is 0 Å². The van der Waals surface area contributed by atoms with Crippen LogP contribution in [0.15, 0.2) is 30.5 Å². The number of ether oxygens (including phenoxy) is 1. The maximum Gasteiger partial charge on any atom is 0.417 e. The SMILES string of the molecule is CCOC(=O)c1cnc2cc(C)c(-c3cccc(C)c3C(F)(F)F)nn12. The zero-order valence-electron chi connectivity index (χ0n) is 14.4. The van der Waals surface area contributed by atoms with E-state index in [0.717, 1.165) is 0 Å². The number of hydrogen-bond acceptors (Lipinski definition) is 4. The molecule has 0 spiro atoms. The maximum absolute atomic E-state index is 13.6. The molecule has 3 rings (SSSR count). The molecular formula is C18H16F3N3O2. The summed E-state index contributed by atoms with van der Waals surface area (Å²) in [5.41, 5.74) is 0.396. The van der Waals surface area contributed by atoms with E-state index >= 15 is 0 Å². The molecule has 0 saturated carbocycles. The van der Waals surface area contributed by atoms with Crippen molar-refractivity contribution in [2.75, 3.05) is 6.61 Å². The molecule has 8 heteroatoms. The fraction of sp³-hybridized carbons (Fsp3) is 0.278. The molecule has 0 atom stereocenters. The fourth-order valence-corrected chi connectivity index (χ4v) is 2.86. The number of imidazole rings is 1. The maximum atomic E-state index is 13.6. The van der Waals surface area contributed by atoms with Crippen LogP contribution in [0.2, 0.25) is 0 Å². The van der Waals surface area contributed by atoms with E-state index < -0.39 is 17.7 Å². The van der Waals surface area contributed by atoms with Crippen LogP contribution < -0.4 is 0 Å². The number of alkyl halides is 3. The van der Waals surface area contributed by atoms with E-state index in [1.54, 1.807) is 26.0 Å². The summed E-state index contributed by atoms with van der Waals surface area (Å²) in [6.07, 6.45) is -3.23. The van der Waals surface area contributed by atoms with Gasteiger partial charge in [-0.25, -0.2) is 14.3 Å². The Hall–Kier alpha value is -2.90. The summed E-state index contributed by atoms with van der Waals surface area (Å²) in [6.45, 7) is 4.89. The molecule has 3 aromatic rings. The largest absolute Gasteiger partial charge is 0.461 e. The number of rotatable bonds is 3. The van der Waals surface area contributed by atoms with Crippen molar-refractivity contribution in [2.24, 2.45) is 0 Å². The fourth-order valence-electron chi connectivity index (χ4n) is 2.86. The van der Waals surface area contributed by atoms with Gasteiger partial charge < -0.3 is 4.74 Å². The van der Waals surface area contributed by atoms with Crippen LogP contribution in [0.1, 0.15) is 34.1 Å². The molecular weight excluding hydrogens is 347 g/mol. The normalized spacial score (nSPS) is 11.8. The smallest absolute Gasteiger partial charge is 0.417 e. The van der Waals surface area contributed by atoms with Gasteiger partial charge in [-0.05, 0) is 38.0 Å². The third kappa shape index (κ3) is 3.02. The average Bonchev–Trinajstić information content (AvgIpc) is 2.95. The predicted octanol–water partition coefficient (Wildman–Crippen LogP) is 4.21. The van der Waals surface area contributed by atoms with Crippen molar-refractivity contribution < 1.29 is 22.7 Å². The Kier molecular flexibility index (Phi) is 4.43. The Morgan fingerprint density at radius 2 is 1.96 bits per heavy atom. The van der Waals surface area contributed by atoms with Crippen molar-refractivity contribution in [2.45, 2.75) is 26.9 Å². The van der Waals surface area contributed by atoms with Gasteiger partial charge in [-0.1, -0.05) is 18.2 Å². The standard InChI is InChI=1S/C18H16F3N3O2/c1-4-26-17(25)13-9-22-14-8-11(3)16(23-24(13)14)12-7-5-6-10(2)15(12)18(19,20)21/h5-9H,4H2,1-3H3. The van der Waals surface area contributed by atoms with Gasteiger partial charge in [0.25, 0.3) is 0 Å². The molecule has 0 amide bonds. The van der Waals surface area contributed by atoms with Gasteiger partial charge >= 0.3 is 12.1 Å². The Labute approximate surface area is 147 Å². The number of carbonyl (C=O) groups is 1. The molecule has 0 N–H and O–H groups in total. The second-order valence-electron chi connectivity index (χ2n) is 5.81. The Morgan fingerprint density at radius 3 is 2.62 bits per heavy atom. The lowest BCUT2D eigenvalue weighted by molar-refractivity contribution is -0.137. The monoisotopic (exact) mass is 363 g/mol. The number of aromatic nitrogens is 3. The van der Waals surface area contributed by atoms with E-state index in [0.29, 0.717) is 11.2 Å². The number of carbonyl (C=O) groups excluding carboxylic acids is 1. The van der Waals surface area contributed by atoms with Crippen LogP contribution in [0.3, 0.4) is 0 Å². The molecule has 0 aliphatic carbocycles. The summed E-state index contributed by atoms with van der Waals surface area (Å²) < 4.78 is 46.9. The first-order valence-electron chi connectivity index (χ1n) is 7.93. The highest BCUT2D eigenvalue weighted by Gasteiger charge is 2.36. The molecule has 2 heterocycles. The molecule has 0 aliphatic rings. The summed E-state index contributed by atoms with van der Waals surface area (Å²) in [4.78, 5) is 16.1. The summed E-state index contributed by atoms with van der Waals surface area (Å²) >= 11 is 0. The molecule has 0 fully saturated rings. The van der Waals surface area contributed by atoms with E-state index in [4.69, 9.17) is 4.74 Å². The number of benzene rings is 1. The first-order valence-corrected chi connectivity index (χ1v) is 7.93.